The molecule has 0 aliphatic rings. The lowest BCUT2D eigenvalue weighted by Gasteiger charge is -1.99. The minimum atomic E-state index is -0.192. The van der Waals surface area contributed by atoms with Crippen LogP contribution in [0.15, 0.2) is 75.7 Å². The summed E-state index contributed by atoms with van der Waals surface area (Å²) >= 11 is 0. The van der Waals surface area contributed by atoms with Crippen LogP contribution >= 0.6 is 0 Å². The van der Waals surface area contributed by atoms with Crippen LogP contribution in [0.25, 0.3) is 5.69 Å². The predicted octanol–water partition coefficient (Wildman–Crippen LogP) is 4.14. The first-order chi connectivity index (χ1) is 10.8. The van der Waals surface area contributed by atoms with Crippen molar-refractivity contribution in [1.29, 1.82) is 0 Å². The second-order valence-corrected chi connectivity index (χ2v) is 4.80. The maximum Gasteiger partial charge on any atom is 0.299 e. The summed E-state index contributed by atoms with van der Waals surface area (Å²) in [5.41, 5.74) is 2.44. The Bertz CT molecular complexity index is 832. The number of nitrogens with zero attached hydrogens (tertiary/aromatic N) is 3. The van der Waals surface area contributed by atoms with Crippen LogP contribution in [0.3, 0.4) is 0 Å². The van der Waals surface area contributed by atoms with Gasteiger partial charge in [-0.25, -0.2) is 4.68 Å². The van der Waals surface area contributed by atoms with E-state index in [1.54, 1.807) is 0 Å². The molecule has 2 aromatic carbocycles. The van der Waals surface area contributed by atoms with Crippen molar-refractivity contribution in [2.75, 3.05) is 0 Å². The lowest BCUT2D eigenvalue weighted by molar-refractivity contribution is 0.819. The average molecular weight is 292 g/mol. The number of azo groups is 1. The average Bonchev–Trinajstić information content (AvgIpc) is 2.90. The fraction of sp³-hybridized carbons (Fsp3) is 0.118. The standard InChI is InChI=1S/C17H16N4O/c1-2-15-16(19-18-13-9-5-3-6-10-13)17(22)21(20-15)14-11-7-4-8-12-14/h3-12,20H,2H2,1H3. The lowest BCUT2D eigenvalue weighted by Crippen LogP contribution is -2.13. The second kappa shape index (κ2) is 6.22. The van der Waals surface area contributed by atoms with E-state index in [0.29, 0.717) is 12.1 Å². The van der Waals surface area contributed by atoms with Crippen LogP contribution in [0, 0.1) is 0 Å². The highest BCUT2D eigenvalue weighted by molar-refractivity contribution is 5.44. The van der Waals surface area contributed by atoms with Gasteiger partial charge in [-0.1, -0.05) is 43.3 Å². The second-order valence-electron chi connectivity index (χ2n) is 4.80. The number of hydrogen-bond acceptors (Lipinski definition) is 3. The molecule has 0 amide bonds. The summed E-state index contributed by atoms with van der Waals surface area (Å²) in [4.78, 5) is 12.5. The summed E-state index contributed by atoms with van der Waals surface area (Å²) < 4.78 is 1.50. The number of nitrogens with one attached hydrogen (secondary N) is 1. The van der Waals surface area contributed by atoms with Crippen LogP contribution in [0.2, 0.25) is 0 Å². The first-order valence-electron chi connectivity index (χ1n) is 7.15. The lowest BCUT2D eigenvalue weighted by atomic mass is 10.3. The van der Waals surface area contributed by atoms with E-state index in [0.717, 1.165) is 17.1 Å². The molecule has 0 atom stereocenters. The number of rotatable bonds is 4. The number of aromatic amines is 1. The number of hydrogen-bond donors (Lipinski definition) is 1. The highest BCUT2D eigenvalue weighted by atomic mass is 16.1. The molecule has 0 fully saturated rings. The minimum Gasteiger partial charge on any atom is -0.293 e. The number of H-pyrrole nitrogens is 1. The maximum atomic E-state index is 12.5. The van der Waals surface area contributed by atoms with E-state index in [1.165, 1.54) is 4.68 Å². The molecule has 0 aliphatic carbocycles. The Labute approximate surface area is 127 Å². The van der Waals surface area contributed by atoms with Gasteiger partial charge in [-0.2, -0.15) is 5.11 Å². The van der Waals surface area contributed by atoms with Gasteiger partial charge in [0.25, 0.3) is 5.56 Å². The Kier molecular flexibility index (Phi) is 3.96. The van der Waals surface area contributed by atoms with E-state index in [1.807, 2.05) is 67.6 Å². The zero-order valence-corrected chi connectivity index (χ0v) is 12.2. The number of para-hydroxylation sites is 1. The third-order valence-electron chi connectivity index (χ3n) is 3.33. The molecule has 110 valence electrons. The molecule has 0 saturated heterocycles. The van der Waals surface area contributed by atoms with E-state index in [2.05, 4.69) is 15.3 Å². The molecule has 0 unspecified atom stereocenters. The van der Waals surface area contributed by atoms with Crippen LogP contribution in [0.4, 0.5) is 11.4 Å². The van der Waals surface area contributed by atoms with E-state index < -0.39 is 0 Å². The molecule has 1 heterocycles. The van der Waals surface area contributed by atoms with Gasteiger partial charge in [0.05, 0.1) is 17.1 Å². The molecule has 0 radical (unpaired) electrons. The molecule has 0 aliphatic heterocycles. The van der Waals surface area contributed by atoms with Crippen molar-refractivity contribution in [2.45, 2.75) is 13.3 Å². The van der Waals surface area contributed by atoms with E-state index >= 15 is 0 Å². The third kappa shape index (κ3) is 2.74. The molecule has 0 spiro atoms. The first-order valence-corrected chi connectivity index (χ1v) is 7.15. The molecule has 5 nitrogen and oxygen atoms in total. The Morgan fingerprint density at radius 3 is 2.23 bits per heavy atom. The first kappa shape index (κ1) is 14.0. The van der Waals surface area contributed by atoms with Crippen LogP contribution in [-0.4, -0.2) is 9.78 Å². The van der Waals surface area contributed by atoms with Crippen molar-refractivity contribution in [3.63, 3.8) is 0 Å². The molecular formula is C17H16N4O. The number of benzene rings is 2. The van der Waals surface area contributed by atoms with Crippen molar-refractivity contribution in [3.05, 3.63) is 76.7 Å². The quantitative estimate of drug-likeness (QED) is 0.721. The van der Waals surface area contributed by atoms with E-state index in [4.69, 9.17) is 0 Å². The van der Waals surface area contributed by atoms with Crippen molar-refractivity contribution < 1.29 is 0 Å². The number of aromatic nitrogens is 2. The molecule has 0 saturated carbocycles. The van der Waals surface area contributed by atoms with Crippen molar-refractivity contribution in [1.82, 2.24) is 9.78 Å². The van der Waals surface area contributed by atoms with Gasteiger partial charge in [0.1, 0.15) is 0 Å². The monoisotopic (exact) mass is 292 g/mol. The molecule has 3 rings (SSSR count). The molecule has 1 N–H and O–H groups in total. The normalized spacial score (nSPS) is 11.1. The van der Waals surface area contributed by atoms with Crippen LogP contribution in [-0.2, 0) is 6.42 Å². The Morgan fingerprint density at radius 1 is 0.955 bits per heavy atom. The van der Waals surface area contributed by atoms with Gasteiger partial charge in [-0.05, 0) is 30.7 Å². The smallest absolute Gasteiger partial charge is 0.293 e. The summed E-state index contributed by atoms with van der Waals surface area (Å²) in [5, 5.41) is 11.4. The topological polar surface area (TPSA) is 62.5 Å². The summed E-state index contributed by atoms with van der Waals surface area (Å²) in [7, 11) is 0. The molecule has 3 aromatic rings. The van der Waals surface area contributed by atoms with Gasteiger partial charge in [0.2, 0.25) is 0 Å². The summed E-state index contributed by atoms with van der Waals surface area (Å²) in [5.74, 6) is 0. The Hall–Kier alpha value is -2.95. The van der Waals surface area contributed by atoms with Gasteiger partial charge >= 0.3 is 0 Å². The summed E-state index contributed by atoms with van der Waals surface area (Å²) in [6.07, 6.45) is 0.679. The molecule has 5 heteroatoms. The van der Waals surface area contributed by atoms with Crippen molar-refractivity contribution in [2.24, 2.45) is 10.2 Å². The van der Waals surface area contributed by atoms with Gasteiger partial charge in [-0.3, -0.25) is 9.89 Å². The molecule has 0 bridgehead atoms. The van der Waals surface area contributed by atoms with Crippen LogP contribution < -0.4 is 5.56 Å². The Morgan fingerprint density at radius 2 is 1.59 bits per heavy atom. The minimum absolute atomic E-state index is 0.192. The van der Waals surface area contributed by atoms with Crippen LogP contribution in [0.1, 0.15) is 12.6 Å². The third-order valence-corrected chi connectivity index (χ3v) is 3.33. The zero-order chi connectivity index (χ0) is 15.4. The van der Waals surface area contributed by atoms with Gasteiger partial charge in [-0.15, -0.1) is 5.11 Å². The van der Waals surface area contributed by atoms with E-state index in [-0.39, 0.29) is 5.56 Å². The SMILES string of the molecule is CCc1[nH]n(-c2ccccc2)c(=O)c1N=Nc1ccccc1. The van der Waals surface area contributed by atoms with E-state index in [9.17, 15) is 4.79 Å². The van der Waals surface area contributed by atoms with Gasteiger partial charge < -0.3 is 0 Å². The fourth-order valence-electron chi connectivity index (χ4n) is 2.18. The zero-order valence-electron chi connectivity index (χ0n) is 12.2. The van der Waals surface area contributed by atoms with Crippen LogP contribution in [0.5, 0.6) is 0 Å². The highest BCUT2D eigenvalue weighted by Crippen LogP contribution is 2.19. The summed E-state index contributed by atoms with van der Waals surface area (Å²) in [6, 6.07) is 18.8. The maximum absolute atomic E-state index is 12.5. The summed E-state index contributed by atoms with van der Waals surface area (Å²) in [6.45, 7) is 1.97. The molecule has 22 heavy (non-hydrogen) atoms. The number of aryl methyl sites for hydroxylation is 1. The van der Waals surface area contributed by atoms with Crippen molar-refractivity contribution in [3.8, 4) is 5.69 Å². The largest absolute Gasteiger partial charge is 0.299 e. The highest BCUT2D eigenvalue weighted by Gasteiger charge is 2.13. The fourth-order valence-corrected chi connectivity index (χ4v) is 2.18. The van der Waals surface area contributed by atoms with Crippen molar-refractivity contribution >= 4 is 11.4 Å². The molecular weight excluding hydrogens is 276 g/mol. The Balaban J connectivity index is 2.03. The predicted molar refractivity (Wildman–Crippen MR) is 86.4 cm³/mol. The van der Waals surface area contributed by atoms with Gasteiger partial charge in [0, 0.05) is 0 Å². The van der Waals surface area contributed by atoms with Gasteiger partial charge in [0.15, 0.2) is 5.69 Å². The molecule has 1 aromatic heterocycles.